The zero-order valence-corrected chi connectivity index (χ0v) is 7.04. The predicted molar refractivity (Wildman–Crippen MR) is 42.7 cm³/mol. The molecule has 0 bridgehead atoms. The monoisotopic (exact) mass is 172 g/mol. The molecule has 1 rings (SSSR count). The van der Waals surface area contributed by atoms with Crippen LogP contribution in [0.3, 0.4) is 0 Å². The van der Waals surface area contributed by atoms with E-state index in [-0.39, 0.29) is 16.9 Å². The molecule has 0 unspecified atom stereocenters. The molecular formula is C6H8N2O2S. The smallest absolute Gasteiger partial charge is 0.241 e. The molecule has 1 heterocycles. The highest BCUT2D eigenvalue weighted by Crippen LogP contribution is 2.17. The van der Waals surface area contributed by atoms with Crippen LogP contribution in [0.15, 0.2) is 0 Å². The van der Waals surface area contributed by atoms with Crippen LogP contribution in [0.25, 0.3) is 0 Å². The van der Waals surface area contributed by atoms with Gasteiger partial charge in [0, 0.05) is 0 Å². The normalized spacial score (nSPS) is 22.5. The van der Waals surface area contributed by atoms with Crippen molar-refractivity contribution >= 4 is 29.1 Å². The van der Waals surface area contributed by atoms with Gasteiger partial charge in [0.15, 0.2) is 5.11 Å². The third-order valence-electron chi connectivity index (χ3n) is 1.59. The highest BCUT2D eigenvalue weighted by atomic mass is 32.1. The van der Waals surface area contributed by atoms with Crippen molar-refractivity contribution in [3.8, 4) is 0 Å². The molecule has 4 nitrogen and oxygen atoms in total. The second-order valence-corrected chi connectivity index (χ2v) is 3.27. The molecule has 60 valence electrons. The minimum atomic E-state index is -1.01. The quantitative estimate of drug-likeness (QED) is 0.384. The summed E-state index contributed by atoms with van der Waals surface area (Å²) >= 11 is 4.60. The Bertz CT molecular complexity index is 225. The van der Waals surface area contributed by atoms with E-state index in [2.05, 4.69) is 22.9 Å². The van der Waals surface area contributed by atoms with Gasteiger partial charge in [-0.15, -0.1) is 0 Å². The first-order valence-electron chi connectivity index (χ1n) is 3.11. The van der Waals surface area contributed by atoms with Gasteiger partial charge in [-0.1, -0.05) is 0 Å². The van der Waals surface area contributed by atoms with E-state index in [0.717, 1.165) is 0 Å². The summed E-state index contributed by atoms with van der Waals surface area (Å²) in [4.78, 5) is 22.2. The Kier molecular flexibility index (Phi) is 1.67. The fourth-order valence-electron chi connectivity index (χ4n) is 0.653. The van der Waals surface area contributed by atoms with Gasteiger partial charge in [0.1, 0.15) is 5.41 Å². The summed E-state index contributed by atoms with van der Waals surface area (Å²) in [6.07, 6.45) is 0. The molecule has 0 saturated carbocycles. The number of hydrogen-bond donors (Lipinski definition) is 2. The van der Waals surface area contributed by atoms with E-state index < -0.39 is 5.41 Å². The van der Waals surface area contributed by atoms with Crippen LogP contribution >= 0.6 is 12.2 Å². The number of carbonyl (C=O) groups excluding carboxylic acids is 2. The molecule has 0 radical (unpaired) electrons. The van der Waals surface area contributed by atoms with Crippen LogP contribution < -0.4 is 10.6 Å². The summed E-state index contributed by atoms with van der Waals surface area (Å²) in [6, 6.07) is 0. The lowest BCUT2D eigenvalue weighted by atomic mass is 9.90. The van der Waals surface area contributed by atoms with Crippen LogP contribution in [0.5, 0.6) is 0 Å². The van der Waals surface area contributed by atoms with Crippen molar-refractivity contribution in [2.45, 2.75) is 13.8 Å². The topological polar surface area (TPSA) is 58.2 Å². The van der Waals surface area contributed by atoms with Gasteiger partial charge in [0.25, 0.3) is 0 Å². The Balaban J connectivity index is 2.93. The standard InChI is InChI=1S/C6H8N2O2S/c1-6(2)3(9)7-5(11)8-4(6)10/h1-2H3,(H2,7,8,9,10,11). The Morgan fingerprint density at radius 3 is 1.91 bits per heavy atom. The summed E-state index contributed by atoms with van der Waals surface area (Å²) in [5.41, 5.74) is -1.01. The van der Waals surface area contributed by atoms with Crippen LogP contribution in [0, 0.1) is 5.41 Å². The average Bonchev–Trinajstić information content (AvgIpc) is 1.84. The first-order chi connectivity index (χ1) is 4.94. The molecule has 11 heavy (non-hydrogen) atoms. The van der Waals surface area contributed by atoms with E-state index >= 15 is 0 Å². The van der Waals surface area contributed by atoms with Gasteiger partial charge in [-0.05, 0) is 26.1 Å². The number of hydrogen-bond acceptors (Lipinski definition) is 3. The van der Waals surface area contributed by atoms with Gasteiger partial charge in [-0.2, -0.15) is 0 Å². The van der Waals surface area contributed by atoms with Crippen molar-refractivity contribution in [1.29, 1.82) is 0 Å². The molecule has 5 heteroatoms. The summed E-state index contributed by atoms with van der Waals surface area (Å²) in [5, 5.41) is 4.80. The molecule has 0 aromatic heterocycles. The average molecular weight is 172 g/mol. The molecule has 1 aliphatic rings. The van der Waals surface area contributed by atoms with Crippen molar-refractivity contribution in [2.24, 2.45) is 5.41 Å². The molecule has 1 aliphatic heterocycles. The predicted octanol–water partition coefficient (Wildman–Crippen LogP) is -0.457. The molecule has 0 spiro atoms. The van der Waals surface area contributed by atoms with Gasteiger partial charge < -0.3 is 10.6 Å². The number of nitrogens with one attached hydrogen (secondary N) is 2. The van der Waals surface area contributed by atoms with E-state index in [1.807, 2.05) is 0 Å². The highest BCUT2D eigenvalue weighted by molar-refractivity contribution is 7.80. The first kappa shape index (κ1) is 8.13. The number of rotatable bonds is 0. The van der Waals surface area contributed by atoms with Crippen LogP contribution in [-0.4, -0.2) is 16.9 Å². The van der Waals surface area contributed by atoms with E-state index in [1.54, 1.807) is 13.8 Å². The SMILES string of the molecule is CC1(C)C(=O)NC(=S)NC1=O. The first-order valence-corrected chi connectivity index (χ1v) is 3.52. The molecule has 0 aliphatic carbocycles. The molecule has 0 atom stereocenters. The van der Waals surface area contributed by atoms with Gasteiger partial charge in [0.2, 0.25) is 11.8 Å². The Hall–Kier alpha value is -0.970. The van der Waals surface area contributed by atoms with Crippen molar-refractivity contribution in [3.63, 3.8) is 0 Å². The summed E-state index contributed by atoms with van der Waals surface area (Å²) < 4.78 is 0. The number of amides is 2. The summed E-state index contributed by atoms with van der Waals surface area (Å²) in [7, 11) is 0. The molecular weight excluding hydrogens is 164 g/mol. The lowest BCUT2D eigenvalue weighted by Crippen LogP contribution is -2.59. The molecule has 1 fully saturated rings. The maximum atomic E-state index is 11.1. The highest BCUT2D eigenvalue weighted by Gasteiger charge is 2.40. The number of thiocarbonyl (C=S) groups is 1. The third-order valence-corrected chi connectivity index (χ3v) is 1.79. The van der Waals surface area contributed by atoms with Crippen LogP contribution in [0.1, 0.15) is 13.8 Å². The third kappa shape index (κ3) is 1.23. The molecule has 0 aromatic rings. The fourth-order valence-corrected chi connectivity index (χ4v) is 0.838. The fraction of sp³-hybridized carbons (Fsp3) is 0.500. The van der Waals surface area contributed by atoms with Crippen molar-refractivity contribution in [2.75, 3.05) is 0 Å². The number of carbonyl (C=O) groups is 2. The van der Waals surface area contributed by atoms with E-state index in [9.17, 15) is 9.59 Å². The van der Waals surface area contributed by atoms with Crippen molar-refractivity contribution in [3.05, 3.63) is 0 Å². The van der Waals surface area contributed by atoms with Crippen LogP contribution in [0.2, 0.25) is 0 Å². The second-order valence-electron chi connectivity index (χ2n) is 2.86. The zero-order valence-electron chi connectivity index (χ0n) is 6.22. The minimum absolute atomic E-state index is 0.0827. The van der Waals surface area contributed by atoms with Gasteiger partial charge >= 0.3 is 0 Å². The van der Waals surface area contributed by atoms with E-state index in [4.69, 9.17) is 0 Å². The largest absolute Gasteiger partial charge is 0.302 e. The van der Waals surface area contributed by atoms with Crippen LogP contribution in [0.4, 0.5) is 0 Å². The van der Waals surface area contributed by atoms with Gasteiger partial charge in [0.05, 0.1) is 0 Å². The van der Waals surface area contributed by atoms with E-state index in [1.165, 1.54) is 0 Å². The van der Waals surface area contributed by atoms with Crippen molar-refractivity contribution < 1.29 is 9.59 Å². The van der Waals surface area contributed by atoms with Crippen LogP contribution in [-0.2, 0) is 9.59 Å². The summed E-state index contributed by atoms with van der Waals surface area (Å²) in [5.74, 6) is -0.711. The Morgan fingerprint density at radius 2 is 1.55 bits per heavy atom. The van der Waals surface area contributed by atoms with Gasteiger partial charge in [-0.3, -0.25) is 9.59 Å². The van der Waals surface area contributed by atoms with E-state index in [0.29, 0.717) is 0 Å². The maximum Gasteiger partial charge on any atom is 0.241 e. The zero-order chi connectivity index (χ0) is 8.65. The Labute approximate surface area is 69.3 Å². The molecule has 2 N–H and O–H groups in total. The van der Waals surface area contributed by atoms with Crippen molar-refractivity contribution in [1.82, 2.24) is 10.6 Å². The molecule has 2 amide bonds. The lowest BCUT2D eigenvalue weighted by Gasteiger charge is -2.27. The van der Waals surface area contributed by atoms with Gasteiger partial charge in [-0.25, -0.2) is 0 Å². The molecule has 1 saturated heterocycles. The Morgan fingerprint density at radius 1 is 1.18 bits per heavy atom. The molecule has 0 aromatic carbocycles. The summed E-state index contributed by atoms with van der Waals surface area (Å²) in [6.45, 7) is 3.08. The second kappa shape index (κ2) is 2.27. The minimum Gasteiger partial charge on any atom is -0.302 e. The lowest BCUT2D eigenvalue weighted by molar-refractivity contribution is -0.141. The maximum absolute atomic E-state index is 11.1.